The number of nitrogens with one attached hydrogen (secondary N) is 1. The molecule has 2 aliphatic rings. The molecule has 1 amide bonds. The second-order valence-electron chi connectivity index (χ2n) is 8.06. The number of carbonyl (C=O) groups is 1. The normalized spacial score (nSPS) is 37.8. The van der Waals surface area contributed by atoms with Crippen molar-refractivity contribution in [2.75, 3.05) is 52.0 Å². The van der Waals surface area contributed by atoms with Crippen LogP contribution in [0.1, 0.15) is 6.92 Å². The number of thiol groups is 1. The van der Waals surface area contributed by atoms with Crippen molar-refractivity contribution >= 4 is 18.5 Å². The summed E-state index contributed by atoms with van der Waals surface area (Å²) < 4.78 is 32.9. The lowest BCUT2D eigenvalue weighted by atomic mass is 9.95. The van der Waals surface area contributed by atoms with Crippen molar-refractivity contribution in [1.29, 1.82) is 0 Å². The summed E-state index contributed by atoms with van der Waals surface area (Å²) in [6.07, 6.45) is -13.1. The molecule has 0 radical (unpaired) electrons. The molecular weight excluding hydrogens is 494 g/mol. The van der Waals surface area contributed by atoms with E-state index in [0.717, 1.165) is 0 Å². The smallest absolute Gasteiger partial charge is 0.217 e. The van der Waals surface area contributed by atoms with Gasteiger partial charge in [-0.1, -0.05) is 0 Å². The first-order valence-corrected chi connectivity index (χ1v) is 11.9. The quantitative estimate of drug-likeness (QED) is 0.0790. The lowest BCUT2D eigenvalue weighted by molar-refractivity contribution is -0.348. The molecule has 2 heterocycles. The predicted molar refractivity (Wildman–Crippen MR) is 119 cm³/mol. The molecule has 206 valence electrons. The zero-order chi connectivity index (χ0) is 26.0. The molecule has 7 N–H and O–H groups in total. The van der Waals surface area contributed by atoms with Crippen molar-refractivity contribution in [2.24, 2.45) is 0 Å². The second-order valence-corrected chi connectivity index (χ2v) is 8.51. The highest BCUT2D eigenvalue weighted by atomic mass is 32.1. The first-order valence-electron chi connectivity index (χ1n) is 11.3. The lowest BCUT2D eigenvalue weighted by Gasteiger charge is -2.47. The van der Waals surface area contributed by atoms with Crippen LogP contribution in [0.3, 0.4) is 0 Å². The third kappa shape index (κ3) is 8.70. The fourth-order valence-electron chi connectivity index (χ4n) is 3.71. The third-order valence-corrected chi connectivity index (χ3v) is 5.66. The molecule has 0 aliphatic carbocycles. The van der Waals surface area contributed by atoms with Crippen molar-refractivity contribution < 1.29 is 63.9 Å². The van der Waals surface area contributed by atoms with Crippen LogP contribution >= 0.6 is 12.6 Å². The van der Waals surface area contributed by atoms with Gasteiger partial charge in [-0.05, 0) is 0 Å². The van der Waals surface area contributed by atoms with E-state index in [1.54, 1.807) is 0 Å². The van der Waals surface area contributed by atoms with Gasteiger partial charge in [-0.15, -0.1) is 0 Å². The summed E-state index contributed by atoms with van der Waals surface area (Å²) >= 11 is 4.03. The van der Waals surface area contributed by atoms with Crippen LogP contribution in [0.15, 0.2) is 0 Å². The van der Waals surface area contributed by atoms with E-state index >= 15 is 0 Å². The Morgan fingerprint density at radius 2 is 1.43 bits per heavy atom. The minimum atomic E-state index is -1.73. The number of hydrogen-bond acceptors (Lipinski definition) is 14. The molecule has 2 fully saturated rings. The maximum absolute atomic E-state index is 11.7. The highest BCUT2D eigenvalue weighted by molar-refractivity contribution is 7.80. The molecule has 0 bridgehead atoms. The molecule has 2 saturated heterocycles. The fraction of sp³-hybridized carbons (Fsp3) is 0.950. The molecule has 0 aromatic heterocycles. The van der Waals surface area contributed by atoms with Crippen LogP contribution in [0.5, 0.6) is 0 Å². The van der Waals surface area contributed by atoms with Crippen molar-refractivity contribution in [3.8, 4) is 0 Å². The third-order valence-electron chi connectivity index (χ3n) is 5.48. The van der Waals surface area contributed by atoms with Gasteiger partial charge in [0.05, 0.1) is 46.2 Å². The largest absolute Gasteiger partial charge is 0.394 e. The van der Waals surface area contributed by atoms with Gasteiger partial charge >= 0.3 is 0 Å². The number of amides is 1. The Bertz CT molecular complexity index is 618. The molecule has 0 aromatic rings. The van der Waals surface area contributed by atoms with E-state index in [1.807, 2.05) is 0 Å². The SMILES string of the molecule is CC(=O)N[C@H]1[C@H](OCCOCCOCCS)O[C@H](CO)[C@@H](O[C@@H]2O[C@H](CO)[C@H](O)[C@H](O)[C@H]2O)[C@@H]1O. The van der Waals surface area contributed by atoms with E-state index in [0.29, 0.717) is 25.6 Å². The van der Waals surface area contributed by atoms with Gasteiger partial charge in [-0.2, -0.15) is 12.6 Å². The molecule has 10 atom stereocenters. The van der Waals surface area contributed by atoms with Crippen molar-refractivity contribution in [2.45, 2.75) is 68.3 Å². The summed E-state index contributed by atoms with van der Waals surface area (Å²) in [5, 5.41) is 62.8. The number of rotatable bonds is 14. The van der Waals surface area contributed by atoms with Crippen LogP contribution in [0.25, 0.3) is 0 Å². The summed E-state index contributed by atoms with van der Waals surface area (Å²) in [5.74, 6) is 0.0973. The maximum Gasteiger partial charge on any atom is 0.217 e. The number of carbonyl (C=O) groups excluding carboxylic acids is 1. The monoisotopic (exact) mass is 531 g/mol. The van der Waals surface area contributed by atoms with E-state index in [1.165, 1.54) is 6.92 Å². The van der Waals surface area contributed by atoms with Crippen LogP contribution < -0.4 is 5.32 Å². The van der Waals surface area contributed by atoms with Crippen LogP contribution in [-0.2, 0) is 33.2 Å². The second kappa shape index (κ2) is 15.6. The van der Waals surface area contributed by atoms with Crippen molar-refractivity contribution in [1.82, 2.24) is 5.32 Å². The first-order chi connectivity index (χ1) is 16.7. The lowest BCUT2D eigenvalue weighted by Crippen LogP contribution is -2.67. The Labute approximate surface area is 208 Å². The minimum absolute atomic E-state index is 0.0381. The van der Waals surface area contributed by atoms with Gasteiger partial charge in [-0.3, -0.25) is 4.79 Å². The van der Waals surface area contributed by atoms with E-state index in [2.05, 4.69) is 17.9 Å². The Hall–Kier alpha value is -0.660. The van der Waals surface area contributed by atoms with Crippen molar-refractivity contribution in [3.05, 3.63) is 0 Å². The number of aliphatic hydroxyl groups excluding tert-OH is 6. The molecule has 0 saturated carbocycles. The van der Waals surface area contributed by atoms with Gasteiger partial charge < -0.3 is 64.4 Å². The zero-order valence-electron chi connectivity index (χ0n) is 19.4. The van der Waals surface area contributed by atoms with E-state index in [9.17, 15) is 35.4 Å². The summed E-state index contributed by atoms with van der Waals surface area (Å²) in [6, 6.07) is -1.14. The van der Waals surface area contributed by atoms with Crippen LogP contribution in [0.2, 0.25) is 0 Å². The first kappa shape index (κ1) is 30.6. The average molecular weight is 532 g/mol. The molecule has 35 heavy (non-hydrogen) atoms. The van der Waals surface area contributed by atoms with Crippen LogP contribution in [0, 0.1) is 0 Å². The van der Waals surface area contributed by atoms with Gasteiger partial charge in [0.25, 0.3) is 0 Å². The average Bonchev–Trinajstić information content (AvgIpc) is 2.83. The molecule has 0 unspecified atom stereocenters. The number of aliphatic hydroxyl groups is 6. The van der Waals surface area contributed by atoms with Gasteiger partial charge in [-0.25, -0.2) is 0 Å². The van der Waals surface area contributed by atoms with Gasteiger partial charge in [0.2, 0.25) is 5.91 Å². The van der Waals surface area contributed by atoms with E-state index in [-0.39, 0.29) is 13.2 Å². The molecular formula is C20H37NO13S. The zero-order valence-corrected chi connectivity index (χ0v) is 20.3. The minimum Gasteiger partial charge on any atom is -0.394 e. The predicted octanol–water partition coefficient (Wildman–Crippen LogP) is -4.27. The topological polar surface area (TPSA) is 206 Å². The Morgan fingerprint density at radius 3 is 2.03 bits per heavy atom. The highest BCUT2D eigenvalue weighted by Crippen LogP contribution is 2.29. The molecule has 0 aromatic carbocycles. The van der Waals surface area contributed by atoms with E-state index in [4.69, 9.17) is 28.4 Å². The fourth-order valence-corrected chi connectivity index (χ4v) is 3.84. The summed E-state index contributed by atoms with van der Waals surface area (Å²) in [5.41, 5.74) is 0. The van der Waals surface area contributed by atoms with Crippen LogP contribution in [-0.4, -0.2) is 150 Å². The van der Waals surface area contributed by atoms with Crippen molar-refractivity contribution in [3.63, 3.8) is 0 Å². The number of hydrogen-bond donors (Lipinski definition) is 8. The Balaban J connectivity index is 2.01. The number of ether oxygens (including phenoxy) is 6. The maximum atomic E-state index is 11.7. The highest BCUT2D eigenvalue weighted by Gasteiger charge is 2.51. The molecule has 0 spiro atoms. The molecule has 15 heteroatoms. The summed E-state index contributed by atoms with van der Waals surface area (Å²) in [4.78, 5) is 11.7. The Kier molecular flexibility index (Phi) is 13.6. The van der Waals surface area contributed by atoms with Gasteiger partial charge in [0.1, 0.15) is 48.8 Å². The Morgan fingerprint density at radius 1 is 0.829 bits per heavy atom. The molecule has 14 nitrogen and oxygen atoms in total. The van der Waals surface area contributed by atoms with Gasteiger partial charge in [0.15, 0.2) is 12.6 Å². The van der Waals surface area contributed by atoms with Crippen LogP contribution in [0.4, 0.5) is 0 Å². The van der Waals surface area contributed by atoms with Gasteiger partial charge in [0, 0.05) is 12.7 Å². The summed E-state index contributed by atoms with van der Waals surface area (Å²) in [7, 11) is 0. The van der Waals surface area contributed by atoms with E-state index < -0.39 is 80.5 Å². The molecule has 2 aliphatic heterocycles. The summed E-state index contributed by atoms with van der Waals surface area (Å²) in [6.45, 7) is 1.34. The molecule has 2 rings (SSSR count). The standard InChI is InChI=1S/C20H37NO13S/c1-10(24)21-13-15(26)18(34-20-17(28)16(27)14(25)11(8-22)32-20)12(9-23)33-19(13)31-5-4-29-2-3-30-6-7-35/h11-20,22-23,25-28,35H,2-9H2,1H3,(H,21,24)/t11-,12-,13-,14+,15-,16+,17-,18-,19-,20+/m1/s1.